The lowest BCUT2D eigenvalue weighted by atomic mass is 9.85. The van der Waals surface area contributed by atoms with Gasteiger partial charge in [-0.15, -0.1) is 11.8 Å². The minimum absolute atomic E-state index is 0.135. The maximum atomic E-state index is 11.7. The van der Waals surface area contributed by atoms with Crippen LogP contribution in [-0.4, -0.2) is 24.8 Å². The van der Waals surface area contributed by atoms with Gasteiger partial charge in [0.1, 0.15) is 0 Å². The smallest absolute Gasteiger partial charge is 0.270 e. The molecule has 0 spiro atoms. The van der Waals surface area contributed by atoms with Crippen molar-refractivity contribution in [3.63, 3.8) is 0 Å². The van der Waals surface area contributed by atoms with Crippen LogP contribution in [0.1, 0.15) is 23.1 Å². The highest BCUT2D eigenvalue weighted by Gasteiger charge is 2.29. The van der Waals surface area contributed by atoms with E-state index in [0.717, 1.165) is 33.8 Å². The van der Waals surface area contributed by atoms with Gasteiger partial charge in [0.2, 0.25) is 0 Å². The van der Waals surface area contributed by atoms with Crippen molar-refractivity contribution in [2.45, 2.75) is 21.1 Å². The molecule has 0 aromatic heterocycles. The van der Waals surface area contributed by atoms with Crippen molar-refractivity contribution in [1.82, 2.24) is 0 Å². The first-order valence-electron chi connectivity index (χ1n) is 11.2. The van der Waals surface area contributed by atoms with Gasteiger partial charge >= 0.3 is 0 Å². The molecule has 0 saturated carbocycles. The first-order valence-corrected chi connectivity index (χ1v) is 13.0. The highest BCUT2D eigenvalue weighted by molar-refractivity contribution is 7.99. The molecule has 168 valence electrons. The summed E-state index contributed by atoms with van der Waals surface area (Å²) in [7, 11) is 4.12. The molecule has 0 N–H and O–H groups in total. The molecule has 2 aliphatic rings. The third-order valence-electron chi connectivity index (χ3n) is 6.51. The van der Waals surface area contributed by atoms with Crippen molar-refractivity contribution in [1.29, 1.82) is 0 Å². The van der Waals surface area contributed by atoms with E-state index >= 15 is 0 Å². The lowest BCUT2D eigenvalue weighted by Gasteiger charge is -2.29. The summed E-state index contributed by atoms with van der Waals surface area (Å²) in [5.74, 6) is 0.993. The van der Waals surface area contributed by atoms with Crippen molar-refractivity contribution in [2.24, 2.45) is 0 Å². The number of anilines is 1. The van der Waals surface area contributed by atoms with E-state index < -0.39 is 0 Å². The van der Waals surface area contributed by atoms with Crippen LogP contribution in [0.4, 0.5) is 11.4 Å². The number of nitrogens with zero attached hydrogens (tertiary/aromatic N) is 2. The van der Waals surface area contributed by atoms with Crippen molar-refractivity contribution < 1.29 is 4.92 Å². The number of rotatable bonds is 2. The van der Waals surface area contributed by atoms with Crippen LogP contribution in [0.25, 0.3) is 21.9 Å². The minimum atomic E-state index is -0.295. The molecule has 2 aliphatic heterocycles. The maximum absolute atomic E-state index is 11.7. The Balaban J connectivity index is 1.70. The number of hydrogen-bond donors (Lipinski definition) is 0. The normalized spacial score (nSPS) is 16.5. The molecular weight excluding hydrogens is 460 g/mol. The standard InChI is InChI=1S/C28H22N2O2S2/c1-29(2)18-8-10-20-17(15-18)7-11-26-28(20)22(13-14-33-26)27-21-5-3-4-6-24(21)34-25-12-9-19(30(31)32)16-23(25)27/h3-12,15-16H,13-14H2,1-2H3. The van der Waals surface area contributed by atoms with Gasteiger partial charge in [-0.05, 0) is 69.8 Å². The summed E-state index contributed by atoms with van der Waals surface area (Å²) in [4.78, 5) is 17.0. The Labute approximate surface area is 206 Å². The fourth-order valence-corrected chi connectivity index (χ4v) is 7.05. The van der Waals surface area contributed by atoms with Gasteiger partial charge in [0.05, 0.1) is 4.92 Å². The van der Waals surface area contributed by atoms with Gasteiger partial charge in [-0.25, -0.2) is 0 Å². The van der Waals surface area contributed by atoms with E-state index in [9.17, 15) is 10.1 Å². The molecular formula is C28H22N2O2S2. The van der Waals surface area contributed by atoms with Crippen molar-refractivity contribution >= 4 is 56.8 Å². The Morgan fingerprint density at radius 1 is 0.882 bits per heavy atom. The number of nitro groups is 1. The largest absolute Gasteiger partial charge is 0.378 e. The average Bonchev–Trinajstić information content (AvgIpc) is 2.86. The average molecular weight is 483 g/mol. The van der Waals surface area contributed by atoms with Crippen LogP contribution in [-0.2, 0) is 0 Å². The number of thioether (sulfide) groups is 1. The third kappa shape index (κ3) is 3.40. The summed E-state index contributed by atoms with van der Waals surface area (Å²) in [6.45, 7) is 0. The Hall–Kier alpha value is -3.22. The highest BCUT2D eigenvalue weighted by Crippen LogP contribution is 2.52. The summed E-state index contributed by atoms with van der Waals surface area (Å²) in [6.07, 6.45) is 0.919. The molecule has 4 aromatic carbocycles. The van der Waals surface area contributed by atoms with Crippen molar-refractivity contribution in [3.8, 4) is 0 Å². The third-order valence-corrected chi connectivity index (χ3v) is 8.73. The van der Waals surface area contributed by atoms with E-state index in [1.165, 1.54) is 37.4 Å². The molecule has 4 nitrogen and oxygen atoms in total. The summed E-state index contributed by atoms with van der Waals surface area (Å²) < 4.78 is 0. The predicted octanol–water partition coefficient (Wildman–Crippen LogP) is 7.73. The van der Waals surface area contributed by atoms with Gasteiger partial charge < -0.3 is 4.90 Å². The quantitative estimate of drug-likeness (QED) is 0.190. The Morgan fingerprint density at radius 3 is 2.50 bits per heavy atom. The Morgan fingerprint density at radius 2 is 1.68 bits per heavy atom. The zero-order chi connectivity index (χ0) is 23.4. The molecule has 2 heterocycles. The van der Waals surface area contributed by atoms with Gasteiger partial charge in [-0.3, -0.25) is 10.1 Å². The zero-order valence-corrected chi connectivity index (χ0v) is 20.5. The number of nitro benzene ring substituents is 1. The van der Waals surface area contributed by atoms with Crippen molar-refractivity contribution in [2.75, 3.05) is 24.7 Å². The van der Waals surface area contributed by atoms with Crippen LogP contribution in [0.2, 0.25) is 0 Å². The highest BCUT2D eigenvalue weighted by atomic mass is 32.2. The summed E-state index contributed by atoms with van der Waals surface area (Å²) in [6, 6.07) is 24.8. The molecule has 0 fully saturated rings. The molecule has 0 saturated heterocycles. The molecule has 0 aliphatic carbocycles. The molecule has 0 atom stereocenters. The molecule has 0 amide bonds. The molecule has 0 radical (unpaired) electrons. The van der Waals surface area contributed by atoms with Gasteiger partial charge in [-0.1, -0.05) is 42.1 Å². The van der Waals surface area contributed by atoms with E-state index in [1.54, 1.807) is 23.9 Å². The second-order valence-electron chi connectivity index (χ2n) is 8.73. The van der Waals surface area contributed by atoms with Gasteiger partial charge in [0.25, 0.3) is 5.69 Å². The SMILES string of the molecule is CN(C)c1ccc2c3c(ccc2c1)SCCC3=C1c2ccccc2Sc2ccc([N+](=O)[O-])cc21. The Kier molecular flexibility index (Phi) is 5.15. The second kappa shape index (κ2) is 8.22. The van der Waals surface area contributed by atoms with Crippen molar-refractivity contribution in [3.05, 3.63) is 99.6 Å². The molecule has 0 unspecified atom stereocenters. The predicted molar refractivity (Wildman–Crippen MR) is 143 cm³/mol. The monoisotopic (exact) mass is 482 g/mol. The van der Waals surface area contributed by atoms with Gasteiger partial charge in [0.15, 0.2) is 0 Å². The van der Waals surface area contributed by atoms with Crippen LogP contribution < -0.4 is 4.90 Å². The number of fused-ring (bicyclic) bond motifs is 5. The second-order valence-corrected chi connectivity index (χ2v) is 10.9. The van der Waals surface area contributed by atoms with Crippen LogP contribution in [0.3, 0.4) is 0 Å². The number of non-ortho nitro benzene ring substituents is 1. The topological polar surface area (TPSA) is 46.4 Å². The van der Waals surface area contributed by atoms with E-state index in [-0.39, 0.29) is 10.6 Å². The first-order chi connectivity index (χ1) is 16.5. The van der Waals surface area contributed by atoms with Gasteiger partial charge in [0, 0.05) is 57.9 Å². The van der Waals surface area contributed by atoms with E-state index in [1.807, 2.05) is 17.8 Å². The Bertz CT molecular complexity index is 1520. The number of allylic oxidation sites excluding steroid dienone is 1. The van der Waals surface area contributed by atoms with E-state index in [4.69, 9.17) is 0 Å². The zero-order valence-electron chi connectivity index (χ0n) is 18.9. The lowest BCUT2D eigenvalue weighted by molar-refractivity contribution is -0.384. The molecule has 6 heteroatoms. The first kappa shape index (κ1) is 21.3. The number of benzene rings is 4. The summed E-state index contributed by atoms with van der Waals surface area (Å²) in [5, 5.41) is 14.1. The van der Waals surface area contributed by atoms with E-state index in [0.29, 0.717) is 0 Å². The van der Waals surface area contributed by atoms with Crippen LogP contribution in [0.5, 0.6) is 0 Å². The summed E-state index contributed by atoms with van der Waals surface area (Å²) in [5.41, 5.74) is 7.13. The fraction of sp³-hybridized carbons (Fsp3) is 0.143. The van der Waals surface area contributed by atoms with Crippen LogP contribution >= 0.6 is 23.5 Å². The number of hydrogen-bond acceptors (Lipinski definition) is 5. The molecule has 6 rings (SSSR count). The minimum Gasteiger partial charge on any atom is -0.378 e. The molecule has 34 heavy (non-hydrogen) atoms. The fourth-order valence-electron chi connectivity index (χ4n) is 4.91. The molecule has 4 aromatic rings. The van der Waals surface area contributed by atoms with Gasteiger partial charge in [-0.2, -0.15) is 0 Å². The van der Waals surface area contributed by atoms with Crippen LogP contribution in [0.15, 0.2) is 87.5 Å². The maximum Gasteiger partial charge on any atom is 0.270 e. The van der Waals surface area contributed by atoms with Crippen LogP contribution in [0, 0.1) is 10.1 Å². The lowest BCUT2D eigenvalue weighted by Crippen LogP contribution is -2.09. The molecule has 0 bridgehead atoms. The summed E-state index contributed by atoms with van der Waals surface area (Å²) >= 11 is 3.59. The van der Waals surface area contributed by atoms with E-state index in [2.05, 4.69) is 73.6 Å².